The van der Waals surface area contributed by atoms with E-state index in [1.165, 1.54) is 0 Å². The average Bonchev–Trinajstić information content (AvgIpc) is 2.81. The van der Waals surface area contributed by atoms with Crippen LogP contribution in [-0.2, 0) is 11.3 Å². The summed E-state index contributed by atoms with van der Waals surface area (Å²) < 4.78 is 17.0. The van der Waals surface area contributed by atoms with Crippen molar-refractivity contribution in [1.29, 1.82) is 0 Å². The molecule has 0 fully saturated rings. The number of hydrogen-bond donors (Lipinski definition) is 2. The minimum atomic E-state index is -0.227. The van der Waals surface area contributed by atoms with Gasteiger partial charge in [0, 0.05) is 31.0 Å². The molecule has 2 aromatic carbocycles. The lowest BCUT2D eigenvalue weighted by Gasteiger charge is -2.14. The monoisotopic (exact) mass is 435 g/mol. The number of aryl methyl sites for hydroxylation is 1. The molecule has 0 radical (unpaired) electrons. The number of carbonyl (C=O) groups is 1. The number of nitrogens with zero attached hydrogens (tertiary/aromatic N) is 1. The van der Waals surface area contributed by atoms with Crippen LogP contribution in [0.2, 0.25) is 0 Å². The summed E-state index contributed by atoms with van der Waals surface area (Å²) in [5.41, 5.74) is 2.92. The number of benzene rings is 2. The number of pyridine rings is 1. The maximum Gasteiger partial charge on any atom is 0.262 e. The summed E-state index contributed by atoms with van der Waals surface area (Å²) in [5, 5.41) is 6.15. The largest absolute Gasteiger partial charge is 0.490 e. The quantitative estimate of drug-likeness (QED) is 0.419. The lowest BCUT2D eigenvalue weighted by atomic mass is 10.2. The summed E-state index contributed by atoms with van der Waals surface area (Å²) in [5.74, 6) is 1.53. The minimum Gasteiger partial charge on any atom is -0.490 e. The van der Waals surface area contributed by atoms with Gasteiger partial charge in [-0.2, -0.15) is 0 Å². The highest BCUT2D eigenvalue weighted by atomic mass is 16.5. The Morgan fingerprint density at radius 1 is 0.969 bits per heavy atom. The van der Waals surface area contributed by atoms with Gasteiger partial charge in [0.15, 0.2) is 18.1 Å². The van der Waals surface area contributed by atoms with E-state index in [-0.39, 0.29) is 12.5 Å². The van der Waals surface area contributed by atoms with Gasteiger partial charge in [-0.3, -0.25) is 4.79 Å². The number of rotatable bonds is 12. The van der Waals surface area contributed by atoms with Gasteiger partial charge in [0.05, 0.1) is 6.61 Å². The molecule has 0 aliphatic rings. The first kappa shape index (κ1) is 23.1. The van der Waals surface area contributed by atoms with E-state index in [2.05, 4.69) is 15.6 Å². The minimum absolute atomic E-state index is 0.101. The third kappa shape index (κ3) is 7.59. The highest BCUT2D eigenvalue weighted by Crippen LogP contribution is 2.28. The van der Waals surface area contributed by atoms with E-state index >= 15 is 0 Å². The van der Waals surface area contributed by atoms with Crippen LogP contribution in [0, 0.1) is 6.92 Å². The predicted octanol–water partition coefficient (Wildman–Crippen LogP) is 3.97. The average molecular weight is 436 g/mol. The molecule has 0 aliphatic carbocycles. The van der Waals surface area contributed by atoms with Crippen molar-refractivity contribution < 1.29 is 19.0 Å². The molecule has 0 saturated carbocycles. The fourth-order valence-electron chi connectivity index (χ4n) is 2.92. The van der Waals surface area contributed by atoms with Crippen molar-refractivity contribution >= 4 is 11.6 Å². The molecule has 7 heteroatoms. The third-order valence-corrected chi connectivity index (χ3v) is 4.50. The van der Waals surface area contributed by atoms with Gasteiger partial charge in [-0.15, -0.1) is 0 Å². The number of amides is 1. The van der Waals surface area contributed by atoms with Gasteiger partial charge in [-0.25, -0.2) is 4.98 Å². The van der Waals surface area contributed by atoms with Crippen LogP contribution in [0.15, 0.2) is 66.9 Å². The van der Waals surface area contributed by atoms with Crippen LogP contribution in [0.5, 0.6) is 17.4 Å². The van der Waals surface area contributed by atoms with Crippen LogP contribution in [0.4, 0.5) is 5.69 Å². The maximum atomic E-state index is 12.2. The zero-order chi connectivity index (χ0) is 22.6. The van der Waals surface area contributed by atoms with Crippen molar-refractivity contribution in [3.05, 3.63) is 78.0 Å². The second kappa shape index (κ2) is 12.3. The molecule has 0 saturated heterocycles. The van der Waals surface area contributed by atoms with Gasteiger partial charge < -0.3 is 24.8 Å². The summed E-state index contributed by atoms with van der Waals surface area (Å²) in [7, 11) is 0. The van der Waals surface area contributed by atoms with Crippen LogP contribution < -0.4 is 24.8 Å². The van der Waals surface area contributed by atoms with E-state index in [0.29, 0.717) is 43.7 Å². The summed E-state index contributed by atoms with van der Waals surface area (Å²) in [6, 6.07) is 18.9. The molecule has 1 amide bonds. The SMILES string of the molecule is CCOc1cc(CNCCOc2ccccn2)ccc1OCC(=O)Nc1ccc(C)cc1. The van der Waals surface area contributed by atoms with E-state index in [9.17, 15) is 4.79 Å². The Hall–Kier alpha value is -3.58. The Morgan fingerprint density at radius 3 is 2.56 bits per heavy atom. The summed E-state index contributed by atoms with van der Waals surface area (Å²) in [6.07, 6.45) is 1.70. The molecule has 3 aromatic rings. The van der Waals surface area contributed by atoms with Gasteiger partial charge in [0.1, 0.15) is 6.61 Å². The molecular weight excluding hydrogens is 406 g/mol. The molecule has 0 aliphatic heterocycles. The zero-order valence-corrected chi connectivity index (χ0v) is 18.5. The highest BCUT2D eigenvalue weighted by Gasteiger charge is 2.10. The number of aromatic nitrogens is 1. The molecule has 2 N–H and O–H groups in total. The fraction of sp³-hybridized carbons (Fsp3) is 0.280. The molecule has 1 aromatic heterocycles. The second-order valence-electron chi connectivity index (χ2n) is 7.11. The van der Waals surface area contributed by atoms with E-state index in [4.69, 9.17) is 14.2 Å². The Morgan fingerprint density at radius 2 is 1.81 bits per heavy atom. The van der Waals surface area contributed by atoms with Gasteiger partial charge in [0.25, 0.3) is 5.91 Å². The normalized spacial score (nSPS) is 10.4. The molecule has 0 bridgehead atoms. The lowest BCUT2D eigenvalue weighted by Crippen LogP contribution is -2.21. The number of carbonyl (C=O) groups excluding carboxylic acids is 1. The first-order valence-electron chi connectivity index (χ1n) is 10.6. The Labute approximate surface area is 188 Å². The van der Waals surface area contributed by atoms with Crippen molar-refractivity contribution in [2.24, 2.45) is 0 Å². The van der Waals surface area contributed by atoms with Gasteiger partial charge in [-0.1, -0.05) is 29.8 Å². The predicted molar refractivity (Wildman–Crippen MR) is 124 cm³/mol. The van der Waals surface area contributed by atoms with Crippen LogP contribution in [0.25, 0.3) is 0 Å². The number of ether oxygens (including phenoxy) is 3. The molecule has 0 spiro atoms. The van der Waals surface area contributed by atoms with E-state index in [1.807, 2.05) is 74.5 Å². The van der Waals surface area contributed by atoms with Gasteiger partial charge >= 0.3 is 0 Å². The van der Waals surface area contributed by atoms with Crippen molar-refractivity contribution in [3.63, 3.8) is 0 Å². The highest BCUT2D eigenvalue weighted by molar-refractivity contribution is 5.91. The van der Waals surface area contributed by atoms with Crippen LogP contribution in [0.1, 0.15) is 18.1 Å². The number of anilines is 1. The van der Waals surface area contributed by atoms with Crippen LogP contribution >= 0.6 is 0 Å². The molecular formula is C25H29N3O4. The maximum absolute atomic E-state index is 12.2. The fourth-order valence-corrected chi connectivity index (χ4v) is 2.92. The van der Waals surface area contributed by atoms with Gasteiger partial charge in [0.2, 0.25) is 5.88 Å². The van der Waals surface area contributed by atoms with Crippen molar-refractivity contribution in [2.45, 2.75) is 20.4 Å². The Balaban J connectivity index is 1.46. The van der Waals surface area contributed by atoms with Crippen molar-refractivity contribution in [1.82, 2.24) is 10.3 Å². The van der Waals surface area contributed by atoms with Crippen LogP contribution in [-0.4, -0.2) is 37.3 Å². The summed E-state index contributed by atoms with van der Waals surface area (Å²) >= 11 is 0. The van der Waals surface area contributed by atoms with Gasteiger partial charge in [-0.05, 0) is 49.7 Å². The molecule has 32 heavy (non-hydrogen) atoms. The summed E-state index contributed by atoms with van der Waals surface area (Å²) in [4.78, 5) is 16.3. The molecule has 0 atom stereocenters. The molecule has 3 rings (SSSR count). The molecule has 168 valence electrons. The third-order valence-electron chi connectivity index (χ3n) is 4.50. The molecule has 7 nitrogen and oxygen atoms in total. The van der Waals surface area contributed by atoms with E-state index in [1.54, 1.807) is 6.20 Å². The number of hydrogen-bond acceptors (Lipinski definition) is 6. The lowest BCUT2D eigenvalue weighted by molar-refractivity contribution is -0.118. The summed E-state index contributed by atoms with van der Waals surface area (Å²) in [6.45, 7) is 6.16. The molecule has 0 unspecified atom stereocenters. The molecule has 1 heterocycles. The Bertz CT molecular complexity index is 978. The first-order valence-corrected chi connectivity index (χ1v) is 10.6. The van der Waals surface area contributed by atoms with E-state index in [0.717, 1.165) is 16.8 Å². The van der Waals surface area contributed by atoms with E-state index < -0.39 is 0 Å². The van der Waals surface area contributed by atoms with Crippen molar-refractivity contribution in [3.8, 4) is 17.4 Å². The number of nitrogens with one attached hydrogen (secondary N) is 2. The zero-order valence-electron chi connectivity index (χ0n) is 18.5. The standard InChI is InChI=1S/C25H29N3O4/c1-3-30-23-16-20(17-26-14-15-31-25-6-4-5-13-27-25)9-12-22(23)32-18-24(29)28-21-10-7-19(2)8-11-21/h4-13,16,26H,3,14-15,17-18H2,1-2H3,(H,28,29). The Kier molecular flexibility index (Phi) is 8.89. The smallest absolute Gasteiger partial charge is 0.262 e. The topological polar surface area (TPSA) is 81.7 Å². The van der Waals surface area contributed by atoms with Crippen molar-refractivity contribution in [2.75, 3.05) is 31.7 Å². The van der Waals surface area contributed by atoms with Crippen LogP contribution in [0.3, 0.4) is 0 Å². The second-order valence-corrected chi connectivity index (χ2v) is 7.11. The first-order chi connectivity index (χ1) is 15.6.